The number of piperidine rings is 1. The summed E-state index contributed by atoms with van der Waals surface area (Å²) in [6, 6.07) is 9.39. The van der Waals surface area contributed by atoms with Crippen LogP contribution in [0.15, 0.2) is 30.3 Å². The zero-order valence-electron chi connectivity index (χ0n) is 23.8. The maximum absolute atomic E-state index is 13.3. The third kappa shape index (κ3) is 6.06. The monoisotopic (exact) mass is 549 g/mol. The lowest BCUT2D eigenvalue weighted by Crippen LogP contribution is -2.38. The van der Waals surface area contributed by atoms with E-state index >= 15 is 0 Å². The molecule has 3 aliphatic heterocycles. The standard InChI is InChI=1S/C30H39N5O5/c1-19-25(26(29(37)38)40-30(2,3)4)28-34-14-12-20(13-15-34)9-7-8-16-39-23-11-6-5-10-21(23)18-31-27(36)22-17-24(32-19)35(28)33-22/h5-6,10-11,17,20,26H,7-9,12-16,18H2,1-4H3,(H,31,36)(H,37,38). The molecule has 3 aromatic rings. The van der Waals surface area contributed by atoms with E-state index in [4.69, 9.17) is 14.5 Å². The number of carboxylic acid groups (broad SMARTS) is 1. The van der Waals surface area contributed by atoms with Gasteiger partial charge >= 0.3 is 5.97 Å². The summed E-state index contributed by atoms with van der Waals surface area (Å²) < 4.78 is 13.8. The van der Waals surface area contributed by atoms with Crippen LogP contribution >= 0.6 is 0 Å². The van der Waals surface area contributed by atoms with E-state index in [1.807, 2.05) is 45.0 Å². The zero-order chi connectivity index (χ0) is 28.4. The number of ether oxygens (including phenoxy) is 2. The molecule has 2 N–H and O–H groups in total. The number of fused-ring (bicyclic) bond motifs is 8. The van der Waals surface area contributed by atoms with Gasteiger partial charge in [0, 0.05) is 37.0 Å². The van der Waals surface area contributed by atoms with E-state index in [1.165, 1.54) is 0 Å². The van der Waals surface area contributed by atoms with Crippen molar-refractivity contribution in [3.05, 3.63) is 52.8 Å². The smallest absolute Gasteiger partial charge is 0.337 e. The van der Waals surface area contributed by atoms with E-state index < -0.39 is 17.7 Å². The first kappa shape index (κ1) is 27.9. The molecule has 2 aromatic heterocycles. The van der Waals surface area contributed by atoms with Crippen LogP contribution in [0, 0.1) is 12.8 Å². The quantitative estimate of drug-likeness (QED) is 0.483. The molecule has 0 spiro atoms. The number of nitrogens with zero attached hydrogens (tertiary/aromatic N) is 4. The molecule has 0 saturated carbocycles. The first-order valence-electron chi connectivity index (χ1n) is 14.2. The number of aromatic nitrogens is 3. The van der Waals surface area contributed by atoms with E-state index in [0.29, 0.717) is 41.8 Å². The molecule has 1 fully saturated rings. The Hall–Kier alpha value is -3.66. The van der Waals surface area contributed by atoms with E-state index in [9.17, 15) is 14.7 Å². The van der Waals surface area contributed by atoms with Crippen molar-refractivity contribution in [1.29, 1.82) is 0 Å². The summed E-state index contributed by atoms with van der Waals surface area (Å²) in [5.74, 6) is 0.567. The summed E-state index contributed by atoms with van der Waals surface area (Å²) in [7, 11) is 0. The van der Waals surface area contributed by atoms with E-state index in [-0.39, 0.29) is 11.6 Å². The first-order valence-corrected chi connectivity index (χ1v) is 14.2. The molecule has 0 aliphatic carbocycles. The van der Waals surface area contributed by atoms with Gasteiger partial charge in [0.2, 0.25) is 0 Å². The number of amides is 1. The number of carbonyl (C=O) groups is 2. The highest BCUT2D eigenvalue weighted by atomic mass is 16.5. The second kappa shape index (κ2) is 11.4. The number of carbonyl (C=O) groups excluding carboxylic acids is 1. The van der Waals surface area contributed by atoms with Gasteiger partial charge in [-0.2, -0.15) is 9.61 Å². The zero-order valence-corrected chi connectivity index (χ0v) is 23.8. The number of hydrogen-bond acceptors (Lipinski definition) is 7. The third-order valence-corrected chi connectivity index (χ3v) is 7.58. The van der Waals surface area contributed by atoms with Crippen LogP contribution in [0.2, 0.25) is 0 Å². The molecule has 5 heterocycles. The molecule has 10 nitrogen and oxygen atoms in total. The van der Waals surface area contributed by atoms with Crippen LogP contribution in [-0.4, -0.2) is 56.9 Å². The number of aryl methyl sites for hydroxylation is 1. The average Bonchev–Trinajstić information content (AvgIpc) is 3.33. The highest BCUT2D eigenvalue weighted by molar-refractivity contribution is 5.93. The molecule has 1 amide bonds. The van der Waals surface area contributed by atoms with E-state index in [2.05, 4.69) is 15.3 Å². The molecule has 6 rings (SSSR count). The Morgan fingerprint density at radius 1 is 1.18 bits per heavy atom. The fourth-order valence-electron chi connectivity index (χ4n) is 5.63. The molecular weight excluding hydrogens is 510 g/mol. The lowest BCUT2D eigenvalue weighted by atomic mass is 9.91. The van der Waals surface area contributed by atoms with Gasteiger partial charge in [-0.15, -0.1) is 0 Å². The molecule has 1 unspecified atom stereocenters. The normalized spacial score (nSPS) is 18.1. The molecule has 40 heavy (non-hydrogen) atoms. The second-order valence-electron chi connectivity index (χ2n) is 11.7. The molecule has 10 heteroatoms. The Morgan fingerprint density at radius 2 is 1.93 bits per heavy atom. The maximum Gasteiger partial charge on any atom is 0.337 e. The van der Waals surface area contributed by atoms with Crippen molar-refractivity contribution >= 4 is 23.3 Å². The van der Waals surface area contributed by atoms with E-state index in [1.54, 1.807) is 17.5 Å². The molecule has 0 radical (unpaired) electrons. The van der Waals surface area contributed by atoms with Crippen molar-refractivity contribution in [2.24, 2.45) is 5.92 Å². The molecule has 3 aliphatic rings. The van der Waals surface area contributed by atoms with Crippen LogP contribution in [-0.2, 0) is 16.1 Å². The Morgan fingerprint density at radius 3 is 2.65 bits per heavy atom. The van der Waals surface area contributed by atoms with Gasteiger partial charge in [0.1, 0.15) is 11.6 Å². The van der Waals surface area contributed by atoms with E-state index in [0.717, 1.165) is 56.5 Å². The largest absolute Gasteiger partial charge is 0.493 e. The van der Waals surface area contributed by atoms with Crippen molar-refractivity contribution in [2.45, 2.75) is 78.0 Å². The van der Waals surface area contributed by atoms with Gasteiger partial charge in [0.25, 0.3) is 5.91 Å². The van der Waals surface area contributed by atoms with Crippen LogP contribution < -0.4 is 15.0 Å². The van der Waals surface area contributed by atoms with Crippen molar-refractivity contribution in [3.63, 3.8) is 0 Å². The average molecular weight is 550 g/mol. The van der Waals surface area contributed by atoms with Gasteiger partial charge in [0.05, 0.1) is 17.8 Å². The predicted molar refractivity (Wildman–Crippen MR) is 151 cm³/mol. The fourth-order valence-corrected chi connectivity index (χ4v) is 5.63. The summed E-state index contributed by atoms with van der Waals surface area (Å²) in [6.45, 7) is 9.74. The highest BCUT2D eigenvalue weighted by Gasteiger charge is 2.35. The fraction of sp³-hybridized carbons (Fsp3) is 0.533. The molecule has 4 bridgehead atoms. The molecule has 214 valence electrons. The number of rotatable bonds is 3. The minimum Gasteiger partial charge on any atom is -0.493 e. The van der Waals surface area contributed by atoms with Crippen molar-refractivity contribution in [1.82, 2.24) is 19.9 Å². The van der Waals surface area contributed by atoms with Crippen LogP contribution in [0.25, 0.3) is 5.65 Å². The summed E-state index contributed by atoms with van der Waals surface area (Å²) in [5, 5.41) is 17.9. The number of carboxylic acids is 1. The number of benzene rings is 1. The summed E-state index contributed by atoms with van der Waals surface area (Å²) in [6.07, 6.45) is 3.91. The summed E-state index contributed by atoms with van der Waals surface area (Å²) in [4.78, 5) is 32.7. The SMILES string of the molecule is Cc1nc2cc3nn2c(c1C(OC(C)(C)C)C(=O)O)N1CCC(CCCCOc2ccccc2CNC3=O)CC1. The summed E-state index contributed by atoms with van der Waals surface area (Å²) in [5.41, 5.74) is 1.92. The van der Waals surface area contributed by atoms with Crippen LogP contribution in [0.5, 0.6) is 5.75 Å². The van der Waals surface area contributed by atoms with Gasteiger partial charge in [0.15, 0.2) is 17.4 Å². The van der Waals surface area contributed by atoms with Crippen molar-refractivity contribution < 1.29 is 24.2 Å². The Bertz CT molecular complexity index is 1390. The Labute approximate surface area is 234 Å². The highest BCUT2D eigenvalue weighted by Crippen LogP contribution is 2.37. The molecule has 1 aromatic carbocycles. The second-order valence-corrected chi connectivity index (χ2v) is 11.7. The predicted octanol–water partition coefficient (Wildman–Crippen LogP) is 4.69. The molecular formula is C30H39N5O5. The van der Waals surface area contributed by atoms with Gasteiger partial charge in [-0.25, -0.2) is 9.78 Å². The minimum atomic E-state index is -1.24. The van der Waals surface area contributed by atoms with Crippen LogP contribution in [0.3, 0.4) is 0 Å². The number of nitrogens with one attached hydrogen (secondary N) is 1. The van der Waals surface area contributed by atoms with Crippen molar-refractivity contribution in [2.75, 3.05) is 24.6 Å². The Kier molecular flexibility index (Phi) is 7.98. The van der Waals surface area contributed by atoms with Gasteiger partial charge in [-0.3, -0.25) is 4.79 Å². The Balaban J connectivity index is 1.60. The van der Waals surface area contributed by atoms with Gasteiger partial charge in [-0.1, -0.05) is 24.6 Å². The minimum absolute atomic E-state index is 0.211. The number of aliphatic carboxylic acids is 1. The topological polar surface area (TPSA) is 118 Å². The first-order chi connectivity index (χ1) is 19.1. The molecule has 1 saturated heterocycles. The number of hydrogen-bond donors (Lipinski definition) is 2. The lowest BCUT2D eigenvalue weighted by Gasteiger charge is -2.36. The third-order valence-electron chi connectivity index (χ3n) is 7.58. The number of anilines is 1. The molecule has 1 atom stereocenters. The number of para-hydroxylation sites is 1. The van der Waals surface area contributed by atoms with Gasteiger partial charge in [-0.05, 0) is 65.4 Å². The lowest BCUT2D eigenvalue weighted by molar-refractivity contribution is -0.160. The van der Waals surface area contributed by atoms with Crippen LogP contribution in [0.1, 0.15) is 86.3 Å². The maximum atomic E-state index is 13.3. The summed E-state index contributed by atoms with van der Waals surface area (Å²) >= 11 is 0. The van der Waals surface area contributed by atoms with Crippen molar-refractivity contribution in [3.8, 4) is 5.75 Å². The van der Waals surface area contributed by atoms with Gasteiger partial charge < -0.3 is 24.8 Å². The van der Waals surface area contributed by atoms with Crippen LogP contribution in [0.4, 0.5) is 5.82 Å².